The fourth-order valence-corrected chi connectivity index (χ4v) is 0.158. The van der Waals surface area contributed by atoms with E-state index < -0.39 is 0 Å². The van der Waals surface area contributed by atoms with Gasteiger partial charge in [-0.05, 0) is 6.42 Å². The van der Waals surface area contributed by atoms with Crippen molar-refractivity contribution in [3.8, 4) is 0 Å². The second kappa shape index (κ2) is 9.12. The number of unbranched alkanes of at least 4 members (excludes halogenated alkanes) is 1. The van der Waals surface area contributed by atoms with Gasteiger partial charge in [0, 0.05) is 6.61 Å². The molecule has 0 atom stereocenters. The minimum absolute atomic E-state index is 0. The zero-order valence-electron chi connectivity index (χ0n) is 5.57. The maximum Gasteiger partial charge on any atom is 1.00 e. The Morgan fingerprint density at radius 2 is 2.17 bits per heavy atom. The summed E-state index contributed by atoms with van der Waals surface area (Å²) >= 11 is 0. The second-order valence-electron chi connectivity index (χ2n) is 1.08. The fourth-order valence-electron chi connectivity index (χ4n) is 0.158. The summed E-state index contributed by atoms with van der Waals surface area (Å²) in [7, 11) is 0. The van der Waals surface area contributed by atoms with Crippen molar-refractivity contribution >= 4 is 0 Å². The Kier molecular flexibility index (Phi) is 14.8. The van der Waals surface area contributed by atoms with Crippen LogP contribution in [0.5, 0.6) is 0 Å². The molecule has 0 aliphatic rings. The van der Waals surface area contributed by atoms with Gasteiger partial charge in [-0.15, -0.1) is 0 Å². The summed E-state index contributed by atoms with van der Waals surface area (Å²) in [6, 6.07) is 0. The summed E-state index contributed by atoms with van der Waals surface area (Å²) in [4.78, 5) is 0. The Bertz CT molecular complexity index is 19.2. The maximum absolute atomic E-state index is 8.07. The minimum Gasteiger partial charge on any atom is -1.00 e. The molecule has 0 saturated carbocycles. The Morgan fingerprint density at radius 3 is 2.17 bits per heavy atom. The number of aliphatic hydroxyl groups is 1. The molecule has 0 rings (SSSR count). The standard InChI is InChI=1S/C4H10O.Li.H/c1-2-3-4-5;;/h5H,2-4H2,1H3;;/q;+1;-1. The summed E-state index contributed by atoms with van der Waals surface area (Å²) in [6.07, 6.45) is 2.04. The fraction of sp³-hybridized carbons (Fsp3) is 1.00. The first-order valence-electron chi connectivity index (χ1n) is 2.02. The predicted molar refractivity (Wildman–Crippen MR) is 23.1 cm³/mol. The molecule has 1 nitrogen and oxygen atoms in total. The first kappa shape index (κ1) is 9.75. The van der Waals surface area contributed by atoms with Gasteiger partial charge in [-0.3, -0.25) is 0 Å². The summed E-state index contributed by atoms with van der Waals surface area (Å²) in [6.45, 7) is 2.40. The molecule has 0 aromatic heterocycles. The second-order valence-corrected chi connectivity index (χ2v) is 1.08. The van der Waals surface area contributed by atoms with Gasteiger partial charge in [0.15, 0.2) is 0 Å². The zero-order chi connectivity index (χ0) is 4.12. The molecule has 1 N–H and O–H groups in total. The van der Waals surface area contributed by atoms with Crippen molar-refractivity contribution in [2.45, 2.75) is 19.8 Å². The first-order chi connectivity index (χ1) is 2.41. The molecular formula is C4H11LiO. The molecule has 0 aromatic carbocycles. The van der Waals surface area contributed by atoms with Crippen molar-refractivity contribution in [3.63, 3.8) is 0 Å². The van der Waals surface area contributed by atoms with E-state index in [2.05, 4.69) is 6.92 Å². The Balaban J connectivity index is -0.0000000800. The quantitative estimate of drug-likeness (QED) is 0.378. The number of hydrogen-bond donors (Lipinski definition) is 1. The molecule has 0 aromatic rings. The summed E-state index contributed by atoms with van der Waals surface area (Å²) in [5.41, 5.74) is 0. The van der Waals surface area contributed by atoms with E-state index in [1.54, 1.807) is 0 Å². The minimum atomic E-state index is 0. The van der Waals surface area contributed by atoms with Crippen molar-refractivity contribution in [2.24, 2.45) is 0 Å². The topological polar surface area (TPSA) is 20.2 Å². The third kappa shape index (κ3) is 8.82. The SMILES string of the molecule is CCCCO.[H-].[Li+]. The molecule has 34 valence electrons. The van der Waals surface area contributed by atoms with Crippen LogP contribution in [0.1, 0.15) is 21.2 Å². The largest absolute Gasteiger partial charge is 1.00 e. The van der Waals surface area contributed by atoms with Crippen LogP contribution in [0.15, 0.2) is 0 Å². The van der Waals surface area contributed by atoms with Gasteiger partial charge in [0.25, 0.3) is 0 Å². The number of hydrogen-bond acceptors (Lipinski definition) is 1. The van der Waals surface area contributed by atoms with E-state index in [0.717, 1.165) is 12.8 Å². The van der Waals surface area contributed by atoms with Crippen LogP contribution in [0.4, 0.5) is 0 Å². The molecule has 2 heteroatoms. The number of rotatable bonds is 2. The first-order valence-corrected chi connectivity index (χ1v) is 2.02. The average Bonchev–Trinajstić information content (AvgIpc) is 1.41. The van der Waals surface area contributed by atoms with Gasteiger partial charge in [-0.1, -0.05) is 13.3 Å². The molecule has 6 heavy (non-hydrogen) atoms. The van der Waals surface area contributed by atoms with E-state index in [1.165, 1.54) is 0 Å². The van der Waals surface area contributed by atoms with E-state index >= 15 is 0 Å². The molecule has 0 heterocycles. The Labute approximate surface area is 52.4 Å². The van der Waals surface area contributed by atoms with Gasteiger partial charge < -0.3 is 6.53 Å². The van der Waals surface area contributed by atoms with Crippen molar-refractivity contribution in [1.82, 2.24) is 0 Å². The molecule has 0 fully saturated rings. The third-order valence-electron chi connectivity index (χ3n) is 0.512. The van der Waals surface area contributed by atoms with Gasteiger partial charge >= 0.3 is 18.9 Å². The van der Waals surface area contributed by atoms with Gasteiger partial charge in [0.2, 0.25) is 0 Å². The molecule has 0 unspecified atom stereocenters. The zero-order valence-corrected chi connectivity index (χ0v) is 4.57. The van der Waals surface area contributed by atoms with Crippen molar-refractivity contribution < 1.29 is 25.4 Å². The molecule has 0 aliphatic heterocycles. The molecule has 0 aliphatic carbocycles. The molecule has 0 radical (unpaired) electrons. The Morgan fingerprint density at radius 1 is 1.67 bits per heavy atom. The van der Waals surface area contributed by atoms with Gasteiger partial charge in [0.1, 0.15) is 0 Å². The van der Waals surface area contributed by atoms with Crippen molar-refractivity contribution in [3.05, 3.63) is 0 Å². The van der Waals surface area contributed by atoms with Crippen LogP contribution in [-0.4, -0.2) is 11.7 Å². The van der Waals surface area contributed by atoms with Gasteiger partial charge in [-0.2, -0.15) is 0 Å². The molecule has 0 bridgehead atoms. The normalized spacial score (nSPS) is 7.00. The van der Waals surface area contributed by atoms with Gasteiger partial charge in [0.05, 0.1) is 0 Å². The van der Waals surface area contributed by atoms with Crippen LogP contribution in [0.3, 0.4) is 0 Å². The van der Waals surface area contributed by atoms with E-state index in [4.69, 9.17) is 5.11 Å². The summed E-state index contributed by atoms with van der Waals surface area (Å²) in [5, 5.41) is 8.07. The Hall–Kier alpha value is 0.557. The molecule has 0 spiro atoms. The molecule has 0 amide bonds. The van der Waals surface area contributed by atoms with Crippen LogP contribution in [0.2, 0.25) is 0 Å². The van der Waals surface area contributed by atoms with Crippen LogP contribution in [0, 0.1) is 0 Å². The van der Waals surface area contributed by atoms with E-state index in [1.807, 2.05) is 0 Å². The maximum atomic E-state index is 8.07. The predicted octanol–water partition coefficient (Wildman–Crippen LogP) is -2.10. The van der Waals surface area contributed by atoms with Crippen molar-refractivity contribution in [2.75, 3.05) is 6.61 Å². The number of aliphatic hydroxyl groups excluding tert-OH is 1. The smallest absolute Gasteiger partial charge is 1.00 e. The third-order valence-corrected chi connectivity index (χ3v) is 0.512. The van der Waals surface area contributed by atoms with Crippen LogP contribution in [-0.2, 0) is 0 Å². The molecule has 0 saturated heterocycles. The summed E-state index contributed by atoms with van der Waals surface area (Å²) < 4.78 is 0. The van der Waals surface area contributed by atoms with Gasteiger partial charge in [-0.25, -0.2) is 0 Å². The average molecular weight is 82.1 g/mol. The van der Waals surface area contributed by atoms with E-state index in [0.29, 0.717) is 6.61 Å². The monoisotopic (exact) mass is 82.1 g/mol. The van der Waals surface area contributed by atoms with Crippen LogP contribution in [0.25, 0.3) is 0 Å². The van der Waals surface area contributed by atoms with Crippen molar-refractivity contribution in [1.29, 1.82) is 0 Å². The van der Waals surface area contributed by atoms with Crippen LogP contribution >= 0.6 is 0 Å². The van der Waals surface area contributed by atoms with E-state index in [-0.39, 0.29) is 20.3 Å². The summed E-state index contributed by atoms with van der Waals surface area (Å²) in [5.74, 6) is 0. The van der Waals surface area contributed by atoms with E-state index in [9.17, 15) is 0 Å². The molecular weight excluding hydrogens is 71.0 g/mol. The van der Waals surface area contributed by atoms with Crippen LogP contribution < -0.4 is 18.9 Å².